The molecule has 7 heteroatoms. The molecule has 0 spiro atoms. The number of carbonyl (C=O) groups excluding carboxylic acids is 2. The molecule has 2 aromatic rings. The van der Waals surface area contributed by atoms with Gasteiger partial charge in [-0.25, -0.2) is 4.79 Å². The van der Waals surface area contributed by atoms with Gasteiger partial charge in [0.2, 0.25) is 11.5 Å². The first-order chi connectivity index (χ1) is 12.0. The highest BCUT2D eigenvalue weighted by Crippen LogP contribution is 2.21. The van der Waals surface area contributed by atoms with Crippen LogP contribution in [0.1, 0.15) is 45.1 Å². The summed E-state index contributed by atoms with van der Waals surface area (Å²) in [5.41, 5.74) is 2.44. The Labute approximate surface area is 154 Å². The molecule has 1 saturated heterocycles. The van der Waals surface area contributed by atoms with Crippen molar-refractivity contribution >= 4 is 27.7 Å². The van der Waals surface area contributed by atoms with Crippen LogP contribution in [-0.2, 0) is 16.0 Å². The van der Waals surface area contributed by atoms with Crippen LogP contribution in [0.15, 0.2) is 27.3 Å². The third-order valence-corrected chi connectivity index (χ3v) is 4.82. The number of hydrogen-bond acceptors (Lipinski definition) is 5. The topological polar surface area (TPSA) is 70.7 Å². The number of hydrogen-bond donors (Lipinski definition) is 0. The average Bonchev–Trinajstić information content (AvgIpc) is 3.30. The Hall–Kier alpha value is -1.86. The molecule has 0 N–H and O–H groups in total. The summed E-state index contributed by atoms with van der Waals surface area (Å²) in [6.45, 7) is 5.09. The summed E-state index contributed by atoms with van der Waals surface area (Å²) in [6, 6.07) is 4.92. The van der Waals surface area contributed by atoms with Crippen molar-refractivity contribution in [3.05, 3.63) is 45.6 Å². The number of carbonyl (C=O) groups is 2. The van der Waals surface area contributed by atoms with E-state index in [4.69, 9.17) is 13.9 Å². The normalized spacial score (nSPS) is 17.0. The molecule has 3 rings (SSSR count). The van der Waals surface area contributed by atoms with Gasteiger partial charge < -0.3 is 18.5 Å². The zero-order valence-electron chi connectivity index (χ0n) is 14.2. The molecule has 1 atom stereocenters. The molecule has 25 heavy (non-hydrogen) atoms. The number of Topliss-reactive ketones (excluding diaryl/α,β-unsaturated/α-hetero) is 1. The summed E-state index contributed by atoms with van der Waals surface area (Å²) in [5.74, 6) is -0.832. The average molecular weight is 410 g/mol. The zero-order valence-corrected chi connectivity index (χ0v) is 15.8. The van der Waals surface area contributed by atoms with Crippen molar-refractivity contribution in [2.24, 2.45) is 0 Å². The van der Waals surface area contributed by atoms with Gasteiger partial charge in [-0.3, -0.25) is 4.79 Å². The lowest BCUT2D eigenvalue weighted by Crippen LogP contribution is -2.18. The first kappa shape index (κ1) is 17.9. The second-order valence-corrected chi connectivity index (χ2v) is 6.92. The molecule has 0 saturated carbocycles. The Morgan fingerprint density at radius 3 is 2.80 bits per heavy atom. The number of esters is 1. The van der Waals surface area contributed by atoms with E-state index < -0.39 is 5.97 Å². The summed E-state index contributed by atoms with van der Waals surface area (Å²) < 4.78 is 18.4. The van der Waals surface area contributed by atoms with Crippen molar-refractivity contribution in [1.82, 2.24) is 4.57 Å². The van der Waals surface area contributed by atoms with Crippen LogP contribution >= 0.6 is 15.9 Å². The van der Waals surface area contributed by atoms with Crippen molar-refractivity contribution in [3.63, 3.8) is 0 Å². The molecule has 1 aliphatic heterocycles. The van der Waals surface area contributed by atoms with Gasteiger partial charge >= 0.3 is 5.97 Å². The second kappa shape index (κ2) is 7.58. The lowest BCUT2D eigenvalue weighted by molar-refractivity contribution is 0.0442. The van der Waals surface area contributed by atoms with Crippen molar-refractivity contribution < 1.29 is 23.5 Å². The number of ether oxygens (including phenoxy) is 2. The molecule has 0 aromatic carbocycles. The largest absolute Gasteiger partial charge is 0.451 e. The van der Waals surface area contributed by atoms with Crippen LogP contribution in [-0.4, -0.2) is 35.6 Å². The molecule has 1 fully saturated rings. The highest BCUT2D eigenvalue weighted by molar-refractivity contribution is 9.10. The van der Waals surface area contributed by atoms with E-state index >= 15 is 0 Å². The maximum Gasteiger partial charge on any atom is 0.374 e. The molecule has 2 aromatic heterocycles. The van der Waals surface area contributed by atoms with Crippen molar-refractivity contribution in [1.29, 1.82) is 0 Å². The maximum atomic E-state index is 12.4. The quantitative estimate of drug-likeness (QED) is 0.537. The van der Waals surface area contributed by atoms with E-state index in [0.717, 1.165) is 37.4 Å². The van der Waals surface area contributed by atoms with E-state index in [1.807, 2.05) is 19.9 Å². The highest BCUT2D eigenvalue weighted by atomic mass is 79.9. The van der Waals surface area contributed by atoms with E-state index in [1.165, 1.54) is 6.07 Å². The maximum absolute atomic E-state index is 12.4. The molecule has 0 bridgehead atoms. The molecule has 134 valence electrons. The van der Waals surface area contributed by atoms with Gasteiger partial charge in [-0.1, -0.05) is 0 Å². The second-order valence-electron chi connectivity index (χ2n) is 6.13. The van der Waals surface area contributed by atoms with E-state index in [-0.39, 0.29) is 24.3 Å². The lowest BCUT2D eigenvalue weighted by atomic mass is 10.1. The minimum absolute atomic E-state index is 0.0588. The number of nitrogens with zero attached hydrogens (tertiary/aromatic N) is 1. The molecule has 6 nitrogen and oxygen atoms in total. The van der Waals surface area contributed by atoms with Crippen molar-refractivity contribution in [2.45, 2.75) is 39.3 Å². The Morgan fingerprint density at radius 2 is 2.16 bits per heavy atom. The van der Waals surface area contributed by atoms with Gasteiger partial charge in [-0.05, 0) is 60.8 Å². The van der Waals surface area contributed by atoms with Gasteiger partial charge in [-0.2, -0.15) is 0 Å². The molecular weight excluding hydrogens is 390 g/mol. The molecule has 3 heterocycles. The summed E-state index contributed by atoms with van der Waals surface area (Å²) >= 11 is 3.12. The number of ketones is 1. The van der Waals surface area contributed by atoms with Crippen LogP contribution in [0, 0.1) is 13.8 Å². The summed E-state index contributed by atoms with van der Waals surface area (Å²) in [5, 5.41) is 0. The number of aryl methyl sites for hydroxylation is 1. The van der Waals surface area contributed by atoms with E-state index in [9.17, 15) is 9.59 Å². The van der Waals surface area contributed by atoms with Gasteiger partial charge in [0, 0.05) is 30.1 Å². The Morgan fingerprint density at radius 1 is 1.36 bits per heavy atom. The molecular formula is C18H20BrNO5. The number of furan rings is 1. The molecule has 0 unspecified atom stereocenters. The van der Waals surface area contributed by atoms with Gasteiger partial charge in [0.1, 0.15) is 0 Å². The lowest BCUT2D eigenvalue weighted by Gasteiger charge is -2.14. The van der Waals surface area contributed by atoms with Crippen LogP contribution in [0.2, 0.25) is 0 Å². The van der Waals surface area contributed by atoms with Crippen LogP contribution in [0.25, 0.3) is 0 Å². The van der Waals surface area contributed by atoms with Crippen LogP contribution in [0.4, 0.5) is 0 Å². The van der Waals surface area contributed by atoms with Gasteiger partial charge in [-0.15, -0.1) is 0 Å². The minimum atomic E-state index is -0.660. The van der Waals surface area contributed by atoms with E-state index in [2.05, 4.69) is 20.5 Å². The third-order valence-electron chi connectivity index (χ3n) is 4.39. The first-order valence-corrected chi connectivity index (χ1v) is 8.99. The van der Waals surface area contributed by atoms with Gasteiger partial charge in [0.25, 0.3) is 0 Å². The Kier molecular flexibility index (Phi) is 5.44. The molecule has 0 aliphatic carbocycles. The molecule has 0 amide bonds. The summed E-state index contributed by atoms with van der Waals surface area (Å²) in [7, 11) is 0. The summed E-state index contributed by atoms with van der Waals surface area (Å²) in [6.07, 6.45) is 2.31. The van der Waals surface area contributed by atoms with E-state index in [1.54, 1.807) is 6.07 Å². The summed E-state index contributed by atoms with van der Waals surface area (Å²) in [4.78, 5) is 24.3. The first-order valence-electron chi connectivity index (χ1n) is 8.19. The standard InChI is InChI=1S/C18H20BrNO5/c1-11-8-14(12(2)20(11)9-13-4-3-7-23-13)15(21)10-24-18(22)16-5-6-17(19)25-16/h5-6,8,13H,3-4,7,9-10H2,1-2H3/t13-/m0/s1. The van der Waals surface area contributed by atoms with E-state index in [0.29, 0.717) is 10.2 Å². The van der Waals surface area contributed by atoms with Gasteiger partial charge in [0.05, 0.1) is 6.10 Å². The predicted octanol–water partition coefficient (Wildman–Crippen LogP) is 3.68. The minimum Gasteiger partial charge on any atom is -0.451 e. The fourth-order valence-corrected chi connectivity index (χ4v) is 3.37. The van der Waals surface area contributed by atoms with Crippen molar-refractivity contribution in [2.75, 3.05) is 13.2 Å². The predicted molar refractivity (Wildman–Crippen MR) is 93.9 cm³/mol. The van der Waals surface area contributed by atoms with Gasteiger partial charge in [0.15, 0.2) is 11.3 Å². The fraction of sp³-hybridized carbons (Fsp3) is 0.444. The molecule has 1 aliphatic rings. The van der Waals surface area contributed by atoms with Crippen LogP contribution < -0.4 is 0 Å². The number of rotatable bonds is 6. The highest BCUT2D eigenvalue weighted by Gasteiger charge is 2.22. The van der Waals surface area contributed by atoms with Crippen molar-refractivity contribution in [3.8, 4) is 0 Å². The van der Waals surface area contributed by atoms with Crippen LogP contribution in [0.5, 0.6) is 0 Å². The third kappa shape index (κ3) is 4.04. The van der Waals surface area contributed by atoms with Crippen LogP contribution in [0.3, 0.4) is 0 Å². The molecule has 0 radical (unpaired) electrons. The zero-order chi connectivity index (χ0) is 18.0. The number of aromatic nitrogens is 1. The Balaban J connectivity index is 1.64. The smallest absolute Gasteiger partial charge is 0.374 e. The number of halogens is 1. The Bertz CT molecular complexity index is 785. The monoisotopic (exact) mass is 409 g/mol. The fourth-order valence-electron chi connectivity index (χ4n) is 3.06. The SMILES string of the molecule is Cc1cc(C(=O)COC(=O)c2ccc(Br)o2)c(C)n1C[C@@H]1CCCO1.